The van der Waals surface area contributed by atoms with E-state index >= 15 is 0 Å². The summed E-state index contributed by atoms with van der Waals surface area (Å²) >= 11 is 6.37. The highest BCUT2D eigenvalue weighted by Gasteiger charge is 2.11. The van der Waals surface area contributed by atoms with E-state index in [4.69, 9.17) is 26.3 Å². The molecule has 0 unspecified atom stereocenters. The Kier molecular flexibility index (Phi) is 8.04. The fourth-order valence-corrected chi connectivity index (χ4v) is 3.53. The number of benzene rings is 2. The molecule has 1 saturated heterocycles. The zero-order chi connectivity index (χ0) is 21.3. The Morgan fingerprint density at radius 1 is 1.17 bits per heavy atom. The molecule has 6 heteroatoms. The molecule has 1 fully saturated rings. The monoisotopic (exact) mass is 424 g/mol. The number of nitriles is 1. The normalized spacial score (nSPS) is 14.6. The van der Waals surface area contributed by atoms with Crippen molar-refractivity contribution in [2.24, 2.45) is 0 Å². The Labute approximate surface area is 182 Å². The van der Waals surface area contributed by atoms with Gasteiger partial charge in [0.05, 0.1) is 37.0 Å². The number of carbonyl (C=O) groups excluding carboxylic acids is 1. The molecule has 30 heavy (non-hydrogen) atoms. The van der Waals surface area contributed by atoms with Gasteiger partial charge in [0.25, 0.3) is 0 Å². The van der Waals surface area contributed by atoms with Crippen molar-refractivity contribution in [1.82, 2.24) is 4.90 Å². The molecule has 0 saturated carbocycles. The first kappa shape index (κ1) is 22.0. The Balaban J connectivity index is 1.69. The number of halogens is 1. The Hall–Kier alpha value is -2.65. The van der Waals surface area contributed by atoms with Crippen molar-refractivity contribution < 1.29 is 14.3 Å². The maximum absolute atomic E-state index is 11.5. The molecule has 3 rings (SSSR count). The predicted molar refractivity (Wildman–Crippen MR) is 119 cm³/mol. The molecule has 0 aromatic heterocycles. The van der Waals surface area contributed by atoms with Crippen molar-refractivity contribution in [3.63, 3.8) is 0 Å². The van der Waals surface area contributed by atoms with Gasteiger partial charge in [0.2, 0.25) is 0 Å². The quantitative estimate of drug-likeness (QED) is 0.352. The highest BCUT2D eigenvalue weighted by molar-refractivity contribution is 6.32. The number of nitrogens with zero attached hydrogens (tertiary/aromatic N) is 2. The van der Waals surface area contributed by atoms with Crippen LogP contribution >= 0.6 is 11.6 Å². The first-order valence-corrected chi connectivity index (χ1v) is 10.4. The van der Waals surface area contributed by atoms with Crippen LogP contribution < -0.4 is 4.74 Å². The number of aryl methyl sites for hydroxylation is 1. The molecular formula is C24H25ClN2O3. The number of aldehydes is 1. The molecule has 0 bridgehead atoms. The van der Waals surface area contributed by atoms with Gasteiger partial charge in [-0.3, -0.25) is 9.69 Å². The summed E-state index contributed by atoms with van der Waals surface area (Å²) < 4.78 is 11.3. The van der Waals surface area contributed by atoms with E-state index in [1.165, 1.54) is 0 Å². The van der Waals surface area contributed by atoms with Crippen LogP contribution in [0.15, 0.2) is 30.3 Å². The molecule has 1 aliphatic rings. The fraction of sp³-hybridized carbons (Fsp3) is 0.333. The molecule has 0 amide bonds. The summed E-state index contributed by atoms with van der Waals surface area (Å²) in [6.07, 6.45) is 5.42. The minimum absolute atomic E-state index is 0.436. The zero-order valence-corrected chi connectivity index (χ0v) is 17.8. The maximum Gasteiger partial charge on any atom is 0.153 e. The second-order valence-corrected chi connectivity index (χ2v) is 7.61. The average Bonchev–Trinajstić information content (AvgIpc) is 2.78. The molecule has 1 aliphatic heterocycles. The van der Waals surface area contributed by atoms with Crippen molar-refractivity contribution in [1.29, 1.82) is 5.26 Å². The van der Waals surface area contributed by atoms with Crippen molar-refractivity contribution in [2.75, 3.05) is 39.5 Å². The second-order valence-electron chi connectivity index (χ2n) is 7.20. The number of ether oxygens (including phenoxy) is 2. The van der Waals surface area contributed by atoms with Crippen molar-refractivity contribution in [3.8, 4) is 11.8 Å². The zero-order valence-electron chi connectivity index (χ0n) is 17.1. The van der Waals surface area contributed by atoms with Gasteiger partial charge in [0, 0.05) is 24.7 Å². The van der Waals surface area contributed by atoms with Crippen LogP contribution in [-0.4, -0.2) is 50.6 Å². The fourth-order valence-electron chi connectivity index (χ4n) is 3.29. The molecule has 156 valence electrons. The van der Waals surface area contributed by atoms with Gasteiger partial charge in [0.1, 0.15) is 5.75 Å². The van der Waals surface area contributed by atoms with E-state index in [-0.39, 0.29) is 0 Å². The molecule has 0 radical (unpaired) electrons. The summed E-state index contributed by atoms with van der Waals surface area (Å²) in [6.45, 7) is 6.89. The van der Waals surface area contributed by atoms with Crippen molar-refractivity contribution in [3.05, 3.63) is 63.2 Å². The lowest BCUT2D eigenvalue weighted by Gasteiger charge is -2.26. The highest BCUT2D eigenvalue weighted by atomic mass is 35.5. The van der Waals surface area contributed by atoms with Gasteiger partial charge in [-0.05, 0) is 54.3 Å². The first-order chi connectivity index (χ1) is 14.6. The largest absolute Gasteiger partial charge is 0.493 e. The van der Waals surface area contributed by atoms with Crippen LogP contribution in [0.4, 0.5) is 0 Å². The van der Waals surface area contributed by atoms with Gasteiger partial charge < -0.3 is 9.47 Å². The van der Waals surface area contributed by atoms with Crippen molar-refractivity contribution in [2.45, 2.75) is 13.3 Å². The summed E-state index contributed by atoms with van der Waals surface area (Å²) in [5, 5.41) is 9.58. The minimum Gasteiger partial charge on any atom is -0.493 e. The molecule has 1 heterocycles. The van der Waals surface area contributed by atoms with E-state index < -0.39 is 0 Å². The summed E-state index contributed by atoms with van der Waals surface area (Å²) in [6, 6.07) is 11.1. The molecule has 0 spiro atoms. The molecule has 2 aromatic carbocycles. The molecule has 5 nitrogen and oxygen atoms in total. The van der Waals surface area contributed by atoms with Crippen LogP contribution in [0.3, 0.4) is 0 Å². The number of rotatable bonds is 8. The van der Waals surface area contributed by atoms with E-state index in [1.807, 2.05) is 31.2 Å². The lowest BCUT2D eigenvalue weighted by molar-refractivity contribution is 0.0358. The summed E-state index contributed by atoms with van der Waals surface area (Å²) in [4.78, 5) is 13.8. The second kappa shape index (κ2) is 10.9. The Morgan fingerprint density at radius 2 is 1.93 bits per heavy atom. The smallest absolute Gasteiger partial charge is 0.153 e. The van der Waals surface area contributed by atoms with Crippen LogP contribution in [0.2, 0.25) is 5.02 Å². The highest BCUT2D eigenvalue weighted by Crippen LogP contribution is 2.28. The van der Waals surface area contributed by atoms with Crippen LogP contribution in [-0.2, 0) is 4.74 Å². The SMILES string of the molecule is Cc1ccc(C#N)cc1/C=C/c1cc(OCCCN2CCOCC2)c(C=O)cc1Cl. The van der Waals surface area contributed by atoms with Crippen LogP contribution in [0.1, 0.15) is 39.0 Å². The van der Waals surface area contributed by atoms with Crippen LogP contribution in [0.5, 0.6) is 5.75 Å². The maximum atomic E-state index is 11.5. The predicted octanol–water partition coefficient (Wildman–Crippen LogP) is 4.60. The lowest BCUT2D eigenvalue weighted by Crippen LogP contribution is -2.37. The van der Waals surface area contributed by atoms with E-state index in [1.54, 1.807) is 18.2 Å². The van der Waals surface area contributed by atoms with Crippen LogP contribution in [0, 0.1) is 18.3 Å². The van der Waals surface area contributed by atoms with Crippen molar-refractivity contribution >= 4 is 30.0 Å². The van der Waals surface area contributed by atoms with E-state index in [0.29, 0.717) is 28.5 Å². The van der Waals surface area contributed by atoms with Gasteiger partial charge in [-0.1, -0.05) is 29.8 Å². The van der Waals surface area contributed by atoms with Gasteiger partial charge in [-0.2, -0.15) is 5.26 Å². The third-order valence-corrected chi connectivity index (χ3v) is 5.41. The number of hydrogen-bond donors (Lipinski definition) is 0. The number of morpholine rings is 1. The molecule has 0 atom stereocenters. The third-order valence-electron chi connectivity index (χ3n) is 5.09. The van der Waals surface area contributed by atoms with E-state index in [2.05, 4.69) is 11.0 Å². The van der Waals surface area contributed by atoms with Gasteiger partial charge in [-0.25, -0.2) is 0 Å². The topological polar surface area (TPSA) is 62.6 Å². The summed E-state index contributed by atoms with van der Waals surface area (Å²) in [5.41, 5.74) is 3.80. The lowest BCUT2D eigenvalue weighted by atomic mass is 10.0. The third kappa shape index (κ3) is 5.93. The number of carbonyl (C=O) groups is 1. The molecular weight excluding hydrogens is 400 g/mol. The average molecular weight is 425 g/mol. The Morgan fingerprint density at radius 3 is 2.67 bits per heavy atom. The Bertz CT molecular complexity index is 960. The van der Waals surface area contributed by atoms with Crippen LogP contribution in [0.25, 0.3) is 12.2 Å². The number of hydrogen-bond acceptors (Lipinski definition) is 5. The molecule has 0 aliphatic carbocycles. The van der Waals surface area contributed by atoms with Gasteiger partial charge in [-0.15, -0.1) is 0 Å². The van der Waals surface area contributed by atoms with E-state index in [0.717, 1.165) is 62.2 Å². The standard InChI is InChI=1S/C24H25ClN2O3/c1-18-3-4-19(16-26)13-20(18)5-6-21-15-24(22(17-28)14-23(21)25)30-10-2-7-27-8-11-29-12-9-27/h3-6,13-15,17H,2,7-12H2,1H3/b6-5+. The van der Waals surface area contributed by atoms with Gasteiger partial charge in [0.15, 0.2) is 6.29 Å². The van der Waals surface area contributed by atoms with Gasteiger partial charge >= 0.3 is 0 Å². The molecule has 2 aromatic rings. The summed E-state index contributed by atoms with van der Waals surface area (Å²) in [5.74, 6) is 0.526. The molecule has 0 N–H and O–H groups in total. The minimum atomic E-state index is 0.436. The summed E-state index contributed by atoms with van der Waals surface area (Å²) in [7, 11) is 0. The van der Waals surface area contributed by atoms with E-state index in [9.17, 15) is 4.79 Å². The first-order valence-electron chi connectivity index (χ1n) is 10.0.